The van der Waals surface area contributed by atoms with Gasteiger partial charge in [0.25, 0.3) is 0 Å². The van der Waals surface area contributed by atoms with Crippen molar-refractivity contribution >= 4 is 46.4 Å². The van der Waals surface area contributed by atoms with E-state index in [9.17, 15) is 5.11 Å². The van der Waals surface area contributed by atoms with Crippen molar-refractivity contribution < 1.29 is 14.2 Å². The molecule has 0 spiro atoms. The number of aromatic nitrogens is 2. The Morgan fingerprint density at radius 3 is 1.39 bits per heavy atom. The van der Waals surface area contributed by atoms with Crippen LogP contribution in [0.5, 0.6) is 0 Å². The lowest BCUT2D eigenvalue weighted by molar-refractivity contribution is 0.275. The zero-order valence-corrected chi connectivity index (χ0v) is 23.7. The molecule has 0 aliphatic heterocycles. The van der Waals surface area contributed by atoms with Crippen molar-refractivity contribution in [1.82, 2.24) is 10.3 Å². The molecule has 0 aliphatic rings. The second-order valence-electron chi connectivity index (χ2n) is 8.76. The average molecular weight is 570 g/mol. The van der Waals surface area contributed by atoms with E-state index in [4.69, 9.17) is 55.4 Å². The molecule has 4 rings (SSSR count). The first kappa shape index (κ1) is 28.5. The number of halogens is 4. The predicted octanol–water partition coefficient (Wildman–Crippen LogP) is 9.60. The quantitative estimate of drug-likeness (QED) is 0.250. The molecule has 9 heteroatoms. The van der Waals surface area contributed by atoms with Crippen molar-refractivity contribution in [2.24, 2.45) is 0 Å². The van der Waals surface area contributed by atoms with Gasteiger partial charge < -0.3 is 14.2 Å². The SMILES string of the molecule is CC(C)c1onc(-c2c(Cl)cccc2Cl)c1CO.CCc1c(-c2c(Cl)cccc2Cl)noc1C(C)C. The van der Waals surface area contributed by atoms with Crippen LogP contribution in [0.25, 0.3) is 22.5 Å². The van der Waals surface area contributed by atoms with E-state index in [1.165, 1.54) is 0 Å². The summed E-state index contributed by atoms with van der Waals surface area (Å²) in [6.07, 6.45) is 0.841. The van der Waals surface area contributed by atoms with Gasteiger partial charge in [0.2, 0.25) is 0 Å². The largest absolute Gasteiger partial charge is 0.391 e. The highest BCUT2D eigenvalue weighted by Crippen LogP contribution is 2.39. The molecule has 0 saturated heterocycles. The highest BCUT2D eigenvalue weighted by molar-refractivity contribution is 6.39. The third-order valence-electron chi connectivity index (χ3n) is 5.60. The van der Waals surface area contributed by atoms with E-state index >= 15 is 0 Å². The Labute approximate surface area is 231 Å². The predicted molar refractivity (Wildman–Crippen MR) is 147 cm³/mol. The van der Waals surface area contributed by atoms with Gasteiger partial charge in [0, 0.05) is 34.1 Å². The second-order valence-corrected chi connectivity index (χ2v) is 10.4. The molecule has 192 valence electrons. The van der Waals surface area contributed by atoms with Crippen LogP contribution in [0.1, 0.15) is 69.1 Å². The number of aliphatic hydroxyl groups excluding tert-OH is 1. The second kappa shape index (κ2) is 12.5. The lowest BCUT2D eigenvalue weighted by Crippen LogP contribution is -1.94. The average Bonchev–Trinajstić information content (AvgIpc) is 3.44. The molecule has 0 amide bonds. The molecule has 0 aliphatic carbocycles. The van der Waals surface area contributed by atoms with Crippen LogP contribution in [-0.4, -0.2) is 15.4 Å². The van der Waals surface area contributed by atoms with Crippen molar-refractivity contribution in [2.75, 3.05) is 0 Å². The maximum Gasteiger partial charge on any atom is 0.145 e. The van der Waals surface area contributed by atoms with Crippen LogP contribution in [0.2, 0.25) is 20.1 Å². The number of aliphatic hydroxyl groups is 1. The molecule has 4 aromatic rings. The molecule has 0 atom stereocenters. The summed E-state index contributed by atoms with van der Waals surface area (Å²) >= 11 is 24.7. The van der Waals surface area contributed by atoms with Crippen LogP contribution in [0, 0.1) is 0 Å². The normalized spacial score (nSPS) is 11.2. The first-order chi connectivity index (χ1) is 17.1. The Morgan fingerprint density at radius 1 is 0.694 bits per heavy atom. The van der Waals surface area contributed by atoms with Crippen molar-refractivity contribution in [3.63, 3.8) is 0 Å². The summed E-state index contributed by atoms with van der Waals surface area (Å²) < 4.78 is 10.7. The molecule has 2 heterocycles. The highest BCUT2D eigenvalue weighted by atomic mass is 35.5. The van der Waals surface area contributed by atoms with E-state index < -0.39 is 0 Å². The number of rotatable bonds is 6. The van der Waals surface area contributed by atoms with Crippen LogP contribution >= 0.6 is 46.4 Å². The van der Waals surface area contributed by atoms with Crippen LogP contribution in [0.3, 0.4) is 0 Å². The van der Waals surface area contributed by atoms with Gasteiger partial charge in [-0.1, -0.05) is 103 Å². The first-order valence-electron chi connectivity index (χ1n) is 11.6. The Balaban J connectivity index is 0.000000201. The van der Waals surface area contributed by atoms with Gasteiger partial charge in [-0.2, -0.15) is 0 Å². The molecule has 2 aromatic heterocycles. The van der Waals surface area contributed by atoms with Crippen LogP contribution in [0.4, 0.5) is 0 Å². The Morgan fingerprint density at radius 2 is 1.06 bits per heavy atom. The molecule has 2 aromatic carbocycles. The molecule has 5 nitrogen and oxygen atoms in total. The summed E-state index contributed by atoms with van der Waals surface area (Å²) in [5.41, 5.74) is 4.35. The lowest BCUT2D eigenvalue weighted by Gasteiger charge is -2.06. The smallest absolute Gasteiger partial charge is 0.145 e. The molecule has 0 fully saturated rings. The van der Waals surface area contributed by atoms with Gasteiger partial charge in [-0.25, -0.2) is 0 Å². The summed E-state index contributed by atoms with van der Waals surface area (Å²) in [6.45, 7) is 10.0. The van der Waals surface area contributed by atoms with Crippen LogP contribution in [0.15, 0.2) is 45.4 Å². The molecule has 0 radical (unpaired) electrons. The maximum absolute atomic E-state index is 9.49. The highest BCUT2D eigenvalue weighted by Gasteiger charge is 2.23. The van der Waals surface area contributed by atoms with Crippen molar-refractivity contribution in [2.45, 2.75) is 59.5 Å². The Hall–Kier alpha value is -2.02. The summed E-state index contributed by atoms with van der Waals surface area (Å²) in [7, 11) is 0. The van der Waals surface area contributed by atoms with Crippen LogP contribution in [-0.2, 0) is 13.0 Å². The molecular weight excluding hydrogens is 542 g/mol. The van der Waals surface area contributed by atoms with Gasteiger partial charge in [0.1, 0.15) is 22.9 Å². The third-order valence-corrected chi connectivity index (χ3v) is 6.86. The fourth-order valence-corrected chi connectivity index (χ4v) is 5.04. The molecule has 36 heavy (non-hydrogen) atoms. The third kappa shape index (κ3) is 5.92. The number of hydrogen-bond donors (Lipinski definition) is 1. The molecular formula is C27H28Cl4N2O3. The molecule has 1 N–H and O–H groups in total. The van der Waals surface area contributed by atoms with E-state index in [2.05, 4.69) is 31.1 Å². The topological polar surface area (TPSA) is 72.3 Å². The van der Waals surface area contributed by atoms with E-state index in [1.54, 1.807) is 18.2 Å². The minimum atomic E-state index is -0.159. The fourth-order valence-electron chi connectivity index (χ4n) is 3.89. The van der Waals surface area contributed by atoms with Gasteiger partial charge >= 0.3 is 0 Å². The van der Waals surface area contributed by atoms with E-state index in [0.717, 1.165) is 29.0 Å². The van der Waals surface area contributed by atoms with Gasteiger partial charge in [0.15, 0.2) is 0 Å². The van der Waals surface area contributed by atoms with E-state index in [0.29, 0.717) is 48.6 Å². The summed E-state index contributed by atoms with van der Waals surface area (Å²) in [5, 5.41) is 19.8. The lowest BCUT2D eigenvalue weighted by atomic mass is 9.99. The van der Waals surface area contributed by atoms with E-state index in [1.807, 2.05) is 32.0 Å². The van der Waals surface area contributed by atoms with Gasteiger partial charge in [-0.3, -0.25) is 0 Å². The molecule has 0 unspecified atom stereocenters. The minimum Gasteiger partial charge on any atom is -0.391 e. The molecule has 0 saturated carbocycles. The monoisotopic (exact) mass is 568 g/mol. The number of nitrogens with zero attached hydrogens (tertiary/aromatic N) is 2. The summed E-state index contributed by atoms with van der Waals surface area (Å²) in [4.78, 5) is 0. The van der Waals surface area contributed by atoms with Crippen molar-refractivity contribution in [1.29, 1.82) is 0 Å². The summed E-state index contributed by atoms with van der Waals surface area (Å²) in [5.74, 6) is 1.99. The molecule has 0 bridgehead atoms. The summed E-state index contributed by atoms with van der Waals surface area (Å²) in [6, 6.07) is 10.7. The van der Waals surface area contributed by atoms with Gasteiger partial charge in [-0.15, -0.1) is 0 Å². The maximum atomic E-state index is 9.49. The fraction of sp³-hybridized carbons (Fsp3) is 0.333. The Kier molecular flexibility index (Phi) is 9.90. The zero-order chi connectivity index (χ0) is 26.6. The zero-order valence-electron chi connectivity index (χ0n) is 20.7. The van der Waals surface area contributed by atoms with Crippen molar-refractivity contribution in [3.8, 4) is 22.5 Å². The first-order valence-corrected chi connectivity index (χ1v) is 13.1. The minimum absolute atomic E-state index is 0.134. The van der Waals surface area contributed by atoms with E-state index in [-0.39, 0.29) is 12.5 Å². The van der Waals surface area contributed by atoms with Crippen molar-refractivity contribution in [3.05, 3.63) is 79.1 Å². The van der Waals surface area contributed by atoms with Gasteiger partial charge in [0.05, 0.1) is 26.7 Å². The number of hydrogen-bond acceptors (Lipinski definition) is 5. The number of benzene rings is 2. The Bertz CT molecular complexity index is 1190. The van der Waals surface area contributed by atoms with Gasteiger partial charge in [-0.05, 0) is 30.7 Å². The standard InChI is InChI=1S/C14H15Cl2NO.C13H13Cl2NO2/c1-4-9-13(17-18-14(9)8(2)3)12-10(15)6-5-7-11(12)16;1-7(2)13-8(6-17)12(16-18-13)11-9(14)4-3-5-10(11)15/h5-8H,4H2,1-3H3;3-5,7,17H,6H2,1-2H3. The van der Waals surface area contributed by atoms with Crippen LogP contribution < -0.4 is 0 Å².